The standard InChI is InChI=1S/C15H16N2O3/c18-15(17-19-12-8-4-5-9-12)13-10-14(20-16-13)11-6-2-1-3-7-11/h1-3,6-7,10,12H,4-5,8-9H2,(H,17,18). The Morgan fingerprint density at radius 1 is 1.25 bits per heavy atom. The molecule has 0 aliphatic heterocycles. The van der Waals surface area contributed by atoms with Gasteiger partial charge in [0.2, 0.25) is 0 Å². The van der Waals surface area contributed by atoms with Crippen molar-refractivity contribution >= 4 is 5.91 Å². The van der Waals surface area contributed by atoms with Gasteiger partial charge in [0.05, 0.1) is 6.10 Å². The van der Waals surface area contributed by atoms with Gasteiger partial charge >= 0.3 is 0 Å². The average molecular weight is 272 g/mol. The number of carbonyl (C=O) groups excluding carboxylic acids is 1. The fourth-order valence-corrected chi connectivity index (χ4v) is 2.32. The molecule has 0 saturated heterocycles. The lowest BCUT2D eigenvalue weighted by Crippen LogP contribution is -2.28. The smallest absolute Gasteiger partial charge is 0.297 e. The number of rotatable bonds is 4. The summed E-state index contributed by atoms with van der Waals surface area (Å²) in [6, 6.07) is 11.1. The molecule has 5 heteroatoms. The molecule has 1 N–H and O–H groups in total. The van der Waals surface area contributed by atoms with Gasteiger partial charge in [-0.3, -0.25) is 9.63 Å². The van der Waals surface area contributed by atoms with Gasteiger partial charge in [-0.25, -0.2) is 5.48 Å². The van der Waals surface area contributed by atoms with Crippen molar-refractivity contribution in [3.63, 3.8) is 0 Å². The van der Waals surface area contributed by atoms with Crippen molar-refractivity contribution in [1.29, 1.82) is 0 Å². The second-order valence-corrected chi connectivity index (χ2v) is 4.90. The van der Waals surface area contributed by atoms with Gasteiger partial charge < -0.3 is 4.52 Å². The van der Waals surface area contributed by atoms with E-state index in [1.54, 1.807) is 6.07 Å². The Bertz CT molecular complexity index is 574. The molecule has 1 amide bonds. The first-order chi connectivity index (χ1) is 9.83. The number of nitrogens with one attached hydrogen (secondary N) is 1. The largest absolute Gasteiger partial charge is 0.355 e. The van der Waals surface area contributed by atoms with E-state index in [-0.39, 0.29) is 17.7 Å². The summed E-state index contributed by atoms with van der Waals surface area (Å²) < 4.78 is 5.18. The molecule has 1 fully saturated rings. The molecule has 1 heterocycles. The lowest BCUT2D eigenvalue weighted by Gasteiger charge is -2.09. The zero-order valence-electron chi connectivity index (χ0n) is 11.0. The Hall–Kier alpha value is -2.14. The van der Waals surface area contributed by atoms with Gasteiger partial charge in [-0.2, -0.15) is 0 Å². The highest BCUT2D eigenvalue weighted by Gasteiger charge is 2.19. The summed E-state index contributed by atoms with van der Waals surface area (Å²) in [6.07, 6.45) is 4.42. The normalized spacial score (nSPS) is 15.4. The van der Waals surface area contributed by atoms with Crippen molar-refractivity contribution in [3.05, 3.63) is 42.1 Å². The van der Waals surface area contributed by atoms with E-state index in [4.69, 9.17) is 9.36 Å². The van der Waals surface area contributed by atoms with E-state index >= 15 is 0 Å². The Morgan fingerprint density at radius 3 is 2.75 bits per heavy atom. The van der Waals surface area contributed by atoms with Gasteiger partial charge in [-0.1, -0.05) is 48.3 Å². The van der Waals surface area contributed by atoms with E-state index in [1.807, 2.05) is 30.3 Å². The van der Waals surface area contributed by atoms with Crippen LogP contribution >= 0.6 is 0 Å². The molecule has 3 rings (SSSR count). The van der Waals surface area contributed by atoms with E-state index < -0.39 is 0 Å². The number of carbonyl (C=O) groups is 1. The van der Waals surface area contributed by atoms with Crippen LogP contribution in [-0.4, -0.2) is 17.2 Å². The molecule has 2 aromatic rings. The molecule has 1 aromatic carbocycles. The van der Waals surface area contributed by atoms with E-state index in [9.17, 15) is 4.79 Å². The van der Waals surface area contributed by atoms with Crippen LogP contribution in [0.5, 0.6) is 0 Å². The number of benzene rings is 1. The molecule has 0 bridgehead atoms. The summed E-state index contributed by atoms with van der Waals surface area (Å²) in [6.45, 7) is 0. The third kappa shape index (κ3) is 2.88. The summed E-state index contributed by atoms with van der Waals surface area (Å²) in [5.74, 6) is 0.194. The molecule has 0 spiro atoms. The maximum atomic E-state index is 11.9. The third-order valence-electron chi connectivity index (χ3n) is 3.42. The maximum Gasteiger partial charge on any atom is 0.297 e. The van der Waals surface area contributed by atoms with Crippen LogP contribution in [-0.2, 0) is 4.84 Å². The zero-order chi connectivity index (χ0) is 13.8. The highest BCUT2D eigenvalue weighted by atomic mass is 16.7. The van der Waals surface area contributed by atoms with Crippen molar-refractivity contribution in [2.24, 2.45) is 0 Å². The van der Waals surface area contributed by atoms with Crippen LogP contribution in [0.25, 0.3) is 11.3 Å². The van der Waals surface area contributed by atoms with Crippen LogP contribution in [0.3, 0.4) is 0 Å². The highest BCUT2D eigenvalue weighted by molar-refractivity contribution is 5.92. The van der Waals surface area contributed by atoms with Crippen LogP contribution in [0.2, 0.25) is 0 Å². The van der Waals surface area contributed by atoms with Crippen LogP contribution in [0, 0.1) is 0 Å². The van der Waals surface area contributed by atoms with Gasteiger partial charge in [-0.15, -0.1) is 0 Å². The predicted octanol–water partition coefficient (Wildman–Crippen LogP) is 2.95. The molecule has 104 valence electrons. The van der Waals surface area contributed by atoms with E-state index in [2.05, 4.69) is 10.6 Å². The van der Waals surface area contributed by atoms with E-state index in [0.29, 0.717) is 5.76 Å². The number of nitrogens with zero attached hydrogens (tertiary/aromatic N) is 1. The van der Waals surface area contributed by atoms with Crippen molar-refractivity contribution in [2.75, 3.05) is 0 Å². The van der Waals surface area contributed by atoms with Gasteiger partial charge in [0.1, 0.15) is 0 Å². The quantitative estimate of drug-likeness (QED) is 0.869. The van der Waals surface area contributed by atoms with E-state index in [1.165, 1.54) is 0 Å². The Labute approximate surface area is 116 Å². The number of amides is 1. The van der Waals surface area contributed by atoms with Gasteiger partial charge in [0, 0.05) is 11.6 Å². The number of aromatic nitrogens is 1. The first-order valence-corrected chi connectivity index (χ1v) is 6.81. The Balaban J connectivity index is 1.62. The van der Waals surface area contributed by atoms with Crippen LogP contribution < -0.4 is 5.48 Å². The lowest BCUT2D eigenvalue weighted by molar-refractivity contribution is -0.0129. The minimum Gasteiger partial charge on any atom is -0.355 e. The van der Waals surface area contributed by atoms with Crippen molar-refractivity contribution in [1.82, 2.24) is 10.6 Å². The first kappa shape index (κ1) is 12.9. The van der Waals surface area contributed by atoms with Crippen molar-refractivity contribution in [2.45, 2.75) is 31.8 Å². The van der Waals surface area contributed by atoms with Crippen LogP contribution in [0.4, 0.5) is 0 Å². The second-order valence-electron chi connectivity index (χ2n) is 4.90. The predicted molar refractivity (Wildman–Crippen MR) is 72.7 cm³/mol. The summed E-state index contributed by atoms with van der Waals surface area (Å²) in [7, 11) is 0. The molecule has 0 atom stereocenters. The summed E-state index contributed by atoms with van der Waals surface area (Å²) in [5.41, 5.74) is 3.55. The van der Waals surface area contributed by atoms with Crippen molar-refractivity contribution < 1.29 is 14.2 Å². The van der Waals surface area contributed by atoms with Gasteiger partial charge in [0.25, 0.3) is 5.91 Å². The third-order valence-corrected chi connectivity index (χ3v) is 3.42. The molecular weight excluding hydrogens is 256 g/mol. The fraction of sp³-hybridized carbons (Fsp3) is 0.333. The minimum atomic E-state index is -0.372. The molecule has 1 saturated carbocycles. The zero-order valence-corrected chi connectivity index (χ0v) is 11.0. The fourth-order valence-electron chi connectivity index (χ4n) is 2.32. The Morgan fingerprint density at radius 2 is 2.00 bits per heavy atom. The van der Waals surface area contributed by atoms with Crippen molar-refractivity contribution in [3.8, 4) is 11.3 Å². The monoisotopic (exact) mass is 272 g/mol. The van der Waals surface area contributed by atoms with Crippen LogP contribution in [0.1, 0.15) is 36.2 Å². The molecule has 0 unspecified atom stereocenters. The lowest BCUT2D eigenvalue weighted by atomic mass is 10.2. The molecule has 1 aromatic heterocycles. The molecule has 0 radical (unpaired) electrons. The van der Waals surface area contributed by atoms with Gasteiger partial charge in [-0.05, 0) is 12.8 Å². The topological polar surface area (TPSA) is 64.4 Å². The molecule has 1 aliphatic carbocycles. The van der Waals surface area contributed by atoms with E-state index in [0.717, 1.165) is 31.2 Å². The number of hydrogen-bond donors (Lipinski definition) is 1. The Kier molecular flexibility index (Phi) is 3.78. The van der Waals surface area contributed by atoms with Gasteiger partial charge in [0.15, 0.2) is 11.5 Å². The molecule has 20 heavy (non-hydrogen) atoms. The average Bonchev–Trinajstić information content (AvgIpc) is 3.17. The summed E-state index contributed by atoms with van der Waals surface area (Å²) in [5, 5.41) is 3.77. The molecular formula is C15H16N2O3. The summed E-state index contributed by atoms with van der Waals surface area (Å²) in [4.78, 5) is 17.2. The number of hydroxylamine groups is 1. The van der Waals surface area contributed by atoms with Crippen LogP contribution in [0.15, 0.2) is 40.9 Å². The first-order valence-electron chi connectivity index (χ1n) is 6.81. The molecule has 5 nitrogen and oxygen atoms in total. The minimum absolute atomic E-state index is 0.124. The highest BCUT2D eigenvalue weighted by Crippen LogP contribution is 2.21. The summed E-state index contributed by atoms with van der Waals surface area (Å²) >= 11 is 0. The second kappa shape index (κ2) is 5.88. The number of hydrogen-bond acceptors (Lipinski definition) is 4. The SMILES string of the molecule is O=C(NOC1CCCC1)c1cc(-c2ccccc2)on1. The maximum absolute atomic E-state index is 11.9. The molecule has 1 aliphatic rings.